The third-order valence-electron chi connectivity index (χ3n) is 6.68. The molecule has 1 aromatic heterocycles. The van der Waals surface area contributed by atoms with Gasteiger partial charge in [-0.15, -0.1) is 0 Å². The van der Waals surface area contributed by atoms with Crippen LogP contribution in [0.5, 0.6) is 0 Å². The Bertz CT molecular complexity index is 1080. The van der Waals surface area contributed by atoms with Gasteiger partial charge in [-0.3, -0.25) is 4.79 Å². The summed E-state index contributed by atoms with van der Waals surface area (Å²) in [5.41, 5.74) is 1.39. The van der Waals surface area contributed by atoms with Crippen molar-refractivity contribution in [3.8, 4) is 0 Å². The molecule has 0 spiro atoms. The molecule has 1 amide bonds. The molecular weight excluding hydrogens is 513 g/mol. The summed E-state index contributed by atoms with van der Waals surface area (Å²) in [6.07, 6.45) is 0.441. The molecule has 0 fully saturated rings. The number of nitrogens with zero attached hydrogens (tertiary/aromatic N) is 2. The molecular formula is C28H37F3N4O4. The van der Waals surface area contributed by atoms with E-state index in [1.54, 1.807) is 0 Å². The maximum Gasteiger partial charge on any atom is 0.416 e. The Labute approximate surface area is 226 Å². The minimum Gasteiger partial charge on any atom is -0.480 e. The van der Waals surface area contributed by atoms with Crippen molar-refractivity contribution < 1.29 is 32.6 Å². The molecule has 8 nitrogen and oxygen atoms in total. The number of hydrogen-bond donors (Lipinski definition) is 3. The van der Waals surface area contributed by atoms with Crippen LogP contribution in [0.4, 0.5) is 19.0 Å². The summed E-state index contributed by atoms with van der Waals surface area (Å²) in [7, 11) is 0. The van der Waals surface area contributed by atoms with Crippen molar-refractivity contribution in [2.24, 2.45) is 0 Å². The number of ether oxygens (including phenoxy) is 1. The SMILES string of the molecule is CCOCCN(CCCCc1ccc2c(n1)NCCC2)CCC(NC(=O)c1ccc(C(F)(F)F)cc1)C(=O)O. The molecule has 0 radical (unpaired) electrons. The van der Waals surface area contributed by atoms with Crippen molar-refractivity contribution in [3.63, 3.8) is 0 Å². The zero-order valence-electron chi connectivity index (χ0n) is 22.2. The first-order valence-corrected chi connectivity index (χ1v) is 13.4. The Balaban J connectivity index is 1.50. The van der Waals surface area contributed by atoms with E-state index in [1.165, 1.54) is 5.56 Å². The van der Waals surface area contributed by atoms with Crippen LogP contribution in [0.25, 0.3) is 0 Å². The highest BCUT2D eigenvalue weighted by atomic mass is 19.4. The normalized spacial score (nSPS) is 14.0. The number of nitrogens with one attached hydrogen (secondary N) is 2. The van der Waals surface area contributed by atoms with Gasteiger partial charge in [-0.2, -0.15) is 13.2 Å². The van der Waals surface area contributed by atoms with Gasteiger partial charge in [-0.05, 0) is 87.9 Å². The lowest BCUT2D eigenvalue weighted by atomic mass is 10.1. The molecule has 3 rings (SSSR count). The van der Waals surface area contributed by atoms with E-state index in [-0.39, 0.29) is 12.0 Å². The van der Waals surface area contributed by atoms with Gasteiger partial charge in [0.05, 0.1) is 12.2 Å². The number of aryl methyl sites for hydroxylation is 2. The average molecular weight is 551 g/mol. The summed E-state index contributed by atoms with van der Waals surface area (Å²) in [5, 5.41) is 15.4. The fourth-order valence-electron chi connectivity index (χ4n) is 4.44. The van der Waals surface area contributed by atoms with Crippen molar-refractivity contribution in [3.05, 3.63) is 58.8 Å². The predicted octanol–water partition coefficient (Wildman–Crippen LogP) is 4.39. The molecule has 0 saturated carbocycles. The number of benzene rings is 1. The molecule has 1 aromatic carbocycles. The number of pyridine rings is 1. The van der Waals surface area contributed by atoms with E-state index in [0.717, 1.165) is 81.0 Å². The van der Waals surface area contributed by atoms with Crippen LogP contribution in [-0.4, -0.2) is 72.3 Å². The second-order valence-corrected chi connectivity index (χ2v) is 9.56. The van der Waals surface area contributed by atoms with Gasteiger partial charge < -0.3 is 25.4 Å². The molecule has 214 valence electrons. The van der Waals surface area contributed by atoms with Crippen molar-refractivity contribution in [2.45, 2.75) is 57.7 Å². The monoisotopic (exact) mass is 550 g/mol. The highest BCUT2D eigenvalue weighted by Gasteiger charge is 2.30. The maximum absolute atomic E-state index is 12.8. The molecule has 39 heavy (non-hydrogen) atoms. The minimum atomic E-state index is -4.52. The zero-order valence-corrected chi connectivity index (χ0v) is 22.2. The fourth-order valence-corrected chi connectivity index (χ4v) is 4.44. The molecule has 0 bridgehead atoms. The number of rotatable bonds is 15. The van der Waals surface area contributed by atoms with E-state index in [2.05, 4.69) is 27.7 Å². The van der Waals surface area contributed by atoms with Gasteiger partial charge in [-0.25, -0.2) is 9.78 Å². The number of carbonyl (C=O) groups excluding carboxylic acids is 1. The van der Waals surface area contributed by atoms with Crippen molar-refractivity contribution in [1.29, 1.82) is 0 Å². The number of aliphatic carboxylic acids is 1. The summed E-state index contributed by atoms with van der Waals surface area (Å²) in [6.45, 7) is 5.70. The van der Waals surface area contributed by atoms with Crippen LogP contribution in [0.1, 0.15) is 59.8 Å². The first-order chi connectivity index (χ1) is 18.7. The van der Waals surface area contributed by atoms with Crippen LogP contribution < -0.4 is 10.6 Å². The van der Waals surface area contributed by atoms with Crippen LogP contribution in [0.2, 0.25) is 0 Å². The summed E-state index contributed by atoms with van der Waals surface area (Å²) in [6, 6.07) is 6.73. The highest BCUT2D eigenvalue weighted by Crippen LogP contribution is 2.29. The van der Waals surface area contributed by atoms with Crippen LogP contribution >= 0.6 is 0 Å². The first-order valence-electron chi connectivity index (χ1n) is 13.4. The third-order valence-corrected chi connectivity index (χ3v) is 6.68. The number of anilines is 1. The van der Waals surface area contributed by atoms with Gasteiger partial charge in [0, 0.05) is 37.5 Å². The van der Waals surface area contributed by atoms with Gasteiger partial charge in [0.25, 0.3) is 5.91 Å². The molecule has 0 saturated heterocycles. The number of carboxylic acids is 1. The Morgan fingerprint density at radius 1 is 1.13 bits per heavy atom. The van der Waals surface area contributed by atoms with Crippen LogP contribution in [0.15, 0.2) is 36.4 Å². The third kappa shape index (κ3) is 9.81. The Morgan fingerprint density at radius 2 is 1.90 bits per heavy atom. The van der Waals surface area contributed by atoms with E-state index in [0.29, 0.717) is 26.3 Å². The second kappa shape index (κ2) is 14.8. The fraction of sp³-hybridized carbons (Fsp3) is 0.536. The second-order valence-electron chi connectivity index (χ2n) is 9.56. The Hall–Kier alpha value is -3.18. The topological polar surface area (TPSA) is 104 Å². The molecule has 0 aliphatic carbocycles. The quantitative estimate of drug-likeness (QED) is 0.283. The van der Waals surface area contributed by atoms with Crippen LogP contribution in [0, 0.1) is 0 Å². The van der Waals surface area contributed by atoms with Crippen molar-refractivity contribution in [2.75, 3.05) is 44.7 Å². The number of carboxylic acid groups (broad SMARTS) is 1. The Morgan fingerprint density at radius 3 is 2.59 bits per heavy atom. The molecule has 2 aromatic rings. The molecule has 1 unspecified atom stereocenters. The molecule has 2 heterocycles. The lowest BCUT2D eigenvalue weighted by molar-refractivity contribution is -0.139. The zero-order chi connectivity index (χ0) is 28.3. The number of carbonyl (C=O) groups is 2. The standard InChI is InChI=1S/C28H37F3N4O4/c1-2-39-19-18-35(16-4-3-7-23-13-10-20-6-5-15-32-25(20)33-23)17-14-24(27(37)38)34-26(36)21-8-11-22(12-9-21)28(29,30)31/h8-13,24H,2-7,14-19H2,1H3,(H,32,33)(H,34,36)(H,37,38). The van der Waals surface area contributed by atoms with Crippen molar-refractivity contribution in [1.82, 2.24) is 15.2 Å². The number of alkyl halides is 3. The lowest BCUT2D eigenvalue weighted by Gasteiger charge is -2.24. The molecule has 1 aliphatic rings. The summed E-state index contributed by atoms with van der Waals surface area (Å²) in [5.74, 6) is -0.953. The number of aromatic nitrogens is 1. The number of halogens is 3. The number of unbranched alkanes of at least 4 members (excludes halogenated alkanes) is 1. The lowest BCUT2D eigenvalue weighted by Crippen LogP contribution is -2.43. The first kappa shape index (κ1) is 30.4. The largest absolute Gasteiger partial charge is 0.480 e. The summed E-state index contributed by atoms with van der Waals surface area (Å²) < 4.78 is 43.8. The summed E-state index contributed by atoms with van der Waals surface area (Å²) in [4.78, 5) is 31.2. The van der Waals surface area contributed by atoms with E-state index in [1.807, 2.05) is 6.92 Å². The average Bonchev–Trinajstić information content (AvgIpc) is 2.92. The van der Waals surface area contributed by atoms with Gasteiger partial charge in [-0.1, -0.05) is 6.07 Å². The maximum atomic E-state index is 12.8. The highest BCUT2D eigenvalue weighted by molar-refractivity contribution is 5.96. The molecule has 3 N–H and O–H groups in total. The van der Waals surface area contributed by atoms with Crippen LogP contribution in [-0.2, 0) is 28.5 Å². The minimum absolute atomic E-state index is 0.0339. The molecule has 1 aliphatic heterocycles. The molecule has 1 atom stereocenters. The number of hydrogen-bond acceptors (Lipinski definition) is 6. The van der Waals surface area contributed by atoms with E-state index < -0.39 is 29.7 Å². The van der Waals surface area contributed by atoms with Crippen LogP contribution in [0.3, 0.4) is 0 Å². The Kier molecular flexibility index (Phi) is 11.5. The van der Waals surface area contributed by atoms with Crippen molar-refractivity contribution >= 4 is 17.7 Å². The summed E-state index contributed by atoms with van der Waals surface area (Å²) >= 11 is 0. The van der Waals surface area contributed by atoms with Gasteiger partial charge in [0.1, 0.15) is 11.9 Å². The van der Waals surface area contributed by atoms with E-state index >= 15 is 0 Å². The predicted molar refractivity (Wildman–Crippen MR) is 142 cm³/mol. The molecule has 11 heteroatoms. The number of amides is 1. The van der Waals surface area contributed by atoms with Gasteiger partial charge >= 0.3 is 12.1 Å². The van der Waals surface area contributed by atoms with Gasteiger partial charge in [0.2, 0.25) is 0 Å². The van der Waals surface area contributed by atoms with E-state index in [9.17, 15) is 27.9 Å². The number of fused-ring (bicyclic) bond motifs is 1. The van der Waals surface area contributed by atoms with E-state index in [4.69, 9.17) is 9.72 Å². The van der Waals surface area contributed by atoms with Gasteiger partial charge in [0.15, 0.2) is 0 Å². The smallest absolute Gasteiger partial charge is 0.416 e.